The lowest BCUT2D eigenvalue weighted by Crippen LogP contribution is -2.40. The van der Waals surface area contributed by atoms with Gasteiger partial charge in [-0.2, -0.15) is 5.10 Å². The van der Waals surface area contributed by atoms with Gasteiger partial charge in [0.25, 0.3) is 0 Å². The summed E-state index contributed by atoms with van der Waals surface area (Å²) in [6.45, 7) is 8.59. The van der Waals surface area contributed by atoms with Crippen LogP contribution in [0.15, 0.2) is 36.4 Å². The monoisotopic (exact) mass is 325 g/mol. The summed E-state index contributed by atoms with van der Waals surface area (Å²) in [5, 5.41) is 11.8. The van der Waals surface area contributed by atoms with Crippen LogP contribution in [0.25, 0.3) is 0 Å². The molecule has 5 nitrogen and oxygen atoms in total. The molecular weight excluding hydrogens is 298 g/mol. The molecule has 1 aromatic heterocycles. The van der Waals surface area contributed by atoms with Crippen LogP contribution < -0.4 is 10.6 Å². The second kappa shape index (κ2) is 6.95. The van der Waals surface area contributed by atoms with E-state index in [2.05, 4.69) is 68.6 Å². The topological polar surface area (TPSA) is 45.1 Å². The van der Waals surface area contributed by atoms with Gasteiger partial charge in [0.15, 0.2) is 0 Å². The highest BCUT2D eigenvalue weighted by Crippen LogP contribution is 2.19. The Morgan fingerprint density at radius 2 is 2.12 bits per heavy atom. The van der Waals surface area contributed by atoms with Crippen molar-refractivity contribution in [1.29, 1.82) is 0 Å². The number of fused-ring (bicyclic) bond motifs is 1. The van der Waals surface area contributed by atoms with Crippen LogP contribution in [0.3, 0.4) is 0 Å². The van der Waals surface area contributed by atoms with Gasteiger partial charge in [0.1, 0.15) is 5.82 Å². The second-order valence-corrected chi connectivity index (χ2v) is 7.21. The van der Waals surface area contributed by atoms with Gasteiger partial charge in [0.05, 0.1) is 5.69 Å². The lowest BCUT2D eigenvalue weighted by Gasteiger charge is -2.26. The Bertz CT molecular complexity index is 666. The molecule has 1 fully saturated rings. The second-order valence-electron chi connectivity index (χ2n) is 7.21. The Morgan fingerprint density at radius 3 is 3.00 bits per heavy atom. The van der Waals surface area contributed by atoms with E-state index in [0.717, 1.165) is 38.4 Å². The van der Waals surface area contributed by atoms with Crippen molar-refractivity contribution in [1.82, 2.24) is 20.0 Å². The SMILES string of the molecule is Cc1cc2n(n1)C[C@@H](CN[C@@H]1CCN(Cc3ccccc3)C1)CN2. The third-order valence-corrected chi connectivity index (χ3v) is 5.12. The quantitative estimate of drug-likeness (QED) is 0.884. The van der Waals surface area contributed by atoms with Crippen LogP contribution >= 0.6 is 0 Å². The van der Waals surface area contributed by atoms with Crippen molar-refractivity contribution in [3.8, 4) is 0 Å². The lowest BCUT2D eigenvalue weighted by molar-refractivity contribution is 0.312. The Morgan fingerprint density at radius 1 is 1.25 bits per heavy atom. The van der Waals surface area contributed by atoms with E-state index in [1.54, 1.807) is 0 Å². The molecule has 24 heavy (non-hydrogen) atoms. The van der Waals surface area contributed by atoms with Gasteiger partial charge >= 0.3 is 0 Å². The number of rotatable bonds is 5. The summed E-state index contributed by atoms with van der Waals surface area (Å²) in [5.41, 5.74) is 2.51. The van der Waals surface area contributed by atoms with E-state index in [1.807, 2.05) is 0 Å². The number of nitrogens with zero attached hydrogens (tertiary/aromatic N) is 3. The van der Waals surface area contributed by atoms with Crippen molar-refractivity contribution >= 4 is 5.82 Å². The zero-order valence-electron chi connectivity index (χ0n) is 14.4. The first-order valence-electron chi connectivity index (χ1n) is 9.04. The highest BCUT2D eigenvalue weighted by Gasteiger charge is 2.24. The maximum Gasteiger partial charge on any atom is 0.124 e. The molecule has 3 heterocycles. The van der Waals surface area contributed by atoms with Crippen LogP contribution in [0, 0.1) is 12.8 Å². The van der Waals surface area contributed by atoms with Gasteiger partial charge in [-0.3, -0.25) is 4.90 Å². The highest BCUT2D eigenvalue weighted by atomic mass is 15.3. The van der Waals surface area contributed by atoms with E-state index < -0.39 is 0 Å². The van der Waals surface area contributed by atoms with E-state index in [4.69, 9.17) is 0 Å². The van der Waals surface area contributed by atoms with Gasteiger partial charge in [0, 0.05) is 57.3 Å². The molecular formula is C19H27N5. The van der Waals surface area contributed by atoms with Crippen molar-refractivity contribution in [2.45, 2.75) is 32.5 Å². The summed E-state index contributed by atoms with van der Waals surface area (Å²) >= 11 is 0. The maximum absolute atomic E-state index is 4.56. The van der Waals surface area contributed by atoms with Crippen LogP contribution in [-0.4, -0.2) is 46.9 Å². The molecule has 2 N–H and O–H groups in total. The number of aromatic nitrogens is 2. The molecule has 1 saturated heterocycles. The van der Waals surface area contributed by atoms with Crippen LogP contribution in [0.4, 0.5) is 5.82 Å². The fourth-order valence-corrected chi connectivity index (χ4v) is 3.84. The van der Waals surface area contributed by atoms with E-state index in [9.17, 15) is 0 Å². The zero-order chi connectivity index (χ0) is 16.4. The minimum absolute atomic E-state index is 0.611. The number of hydrogen-bond donors (Lipinski definition) is 2. The van der Waals surface area contributed by atoms with Gasteiger partial charge in [-0.05, 0) is 18.9 Å². The molecule has 0 radical (unpaired) electrons. The normalized spacial score (nSPS) is 23.9. The molecule has 2 aliphatic heterocycles. The van der Waals surface area contributed by atoms with Gasteiger partial charge in [-0.25, -0.2) is 4.68 Å². The van der Waals surface area contributed by atoms with Gasteiger partial charge in [-0.15, -0.1) is 0 Å². The number of anilines is 1. The molecule has 1 aromatic carbocycles. The van der Waals surface area contributed by atoms with Crippen LogP contribution in [0.1, 0.15) is 17.7 Å². The minimum Gasteiger partial charge on any atom is -0.370 e. The zero-order valence-corrected chi connectivity index (χ0v) is 14.4. The molecule has 2 aromatic rings. The average molecular weight is 325 g/mol. The molecule has 0 amide bonds. The van der Waals surface area contributed by atoms with Crippen molar-refractivity contribution in [3.05, 3.63) is 47.7 Å². The first-order chi connectivity index (χ1) is 11.8. The summed E-state index contributed by atoms with van der Waals surface area (Å²) < 4.78 is 2.11. The largest absolute Gasteiger partial charge is 0.370 e. The fourth-order valence-electron chi connectivity index (χ4n) is 3.84. The molecule has 0 aliphatic carbocycles. The van der Waals surface area contributed by atoms with Gasteiger partial charge in [-0.1, -0.05) is 30.3 Å². The standard InChI is InChI=1S/C19H27N5/c1-15-9-19-21-11-17(13-24(19)22-15)10-20-18-7-8-23(14-18)12-16-5-3-2-4-6-16/h2-6,9,17-18,20-21H,7-8,10-14H2,1H3/t17-,18+/m0/s1. The molecule has 2 aliphatic rings. The molecule has 0 bridgehead atoms. The summed E-state index contributed by atoms with van der Waals surface area (Å²) in [4.78, 5) is 2.56. The number of likely N-dealkylation sites (tertiary alicyclic amines) is 1. The van der Waals surface area contributed by atoms with Crippen molar-refractivity contribution < 1.29 is 0 Å². The van der Waals surface area contributed by atoms with Crippen molar-refractivity contribution in [2.75, 3.05) is 31.5 Å². The molecule has 0 spiro atoms. The van der Waals surface area contributed by atoms with Crippen LogP contribution in [0.2, 0.25) is 0 Å². The minimum atomic E-state index is 0.611. The van der Waals surface area contributed by atoms with E-state index in [-0.39, 0.29) is 0 Å². The van der Waals surface area contributed by atoms with E-state index in [0.29, 0.717) is 12.0 Å². The maximum atomic E-state index is 4.56. The number of nitrogens with one attached hydrogen (secondary N) is 2. The summed E-state index contributed by atoms with van der Waals surface area (Å²) in [5.74, 6) is 1.78. The Hall–Kier alpha value is -1.85. The third kappa shape index (κ3) is 3.62. The number of hydrogen-bond acceptors (Lipinski definition) is 4. The fraction of sp³-hybridized carbons (Fsp3) is 0.526. The summed E-state index contributed by atoms with van der Waals surface area (Å²) in [6.07, 6.45) is 1.25. The third-order valence-electron chi connectivity index (χ3n) is 5.12. The van der Waals surface area contributed by atoms with E-state index >= 15 is 0 Å². The first-order valence-corrected chi connectivity index (χ1v) is 9.04. The Balaban J connectivity index is 1.23. The lowest BCUT2D eigenvalue weighted by atomic mass is 10.1. The molecule has 2 atom stereocenters. The van der Waals surface area contributed by atoms with Crippen molar-refractivity contribution in [3.63, 3.8) is 0 Å². The molecule has 0 unspecified atom stereocenters. The van der Waals surface area contributed by atoms with Gasteiger partial charge in [0.2, 0.25) is 0 Å². The Kier molecular flexibility index (Phi) is 4.54. The number of benzene rings is 1. The van der Waals surface area contributed by atoms with Crippen LogP contribution in [0.5, 0.6) is 0 Å². The highest BCUT2D eigenvalue weighted by molar-refractivity contribution is 5.38. The number of aryl methyl sites for hydroxylation is 1. The molecule has 4 rings (SSSR count). The first kappa shape index (κ1) is 15.7. The smallest absolute Gasteiger partial charge is 0.124 e. The predicted molar refractivity (Wildman–Crippen MR) is 97.1 cm³/mol. The predicted octanol–water partition coefficient (Wildman–Crippen LogP) is 2.10. The summed E-state index contributed by atoms with van der Waals surface area (Å²) in [6, 6.07) is 13.5. The average Bonchev–Trinajstić information content (AvgIpc) is 3.18. The molecule has 0 saturated carbocycles. The molecule has 5 heteroatoms. The van der Waals surface area contributed by atoms with Crippen LogP contribution in [-0.2, 0) is 13.1 Å². The van der Waals surface area contributed by atoms with Gasteiger partial charge < -0.3 is 10.6 Å². The Labute approximate surface area is 144 Å². The molecule has 128 valence electrons. The van der Waals surface area contributed by atoms with Crippen molar-refractivity contribution in [2.24, 2.45) is 5.92 Å². The summed E-state index contributed by atoms with van der Waals surface area (Å²) in [7, 11) is 0. The van der Waals surface area contributed by atoms with E-state index in [1.165, 1.54) is 24.3 Å².